The Bertz CT molecular complexity index is 907. The number of nitrogens with two attached hydrogens (primary N) is 1. The molecule has 0 spiro atoms. The molecule has 3 N–H and O–H groups in total. The molecule has 1 atom stereocenters. The van der Waals surface area contributed by atoms with Gasteiger partial charge in [0.15, 0.2) is 6.61 Å². The Kier molecular flexibility index (Phi) is 7.75. The lowest BCUT2D eigenvalue weighted by Crippen LogP contribution is -2.23. The van der Waals surface area contributed by atoms with Crippen LogP contribution in [0.5, 0.6) is 5.88 Å². The third kappa shape index (κ3) is 9.12. The molecule has 176 valence electrons. The van der Waals surface area contributed by atoms with Crippen LogP contribution in [0.4, 0.5) is 51.1 Å². The Balaban J connectivity index is 2.23. The third-order valence-corrected chi connectivity index (χ3v) is 4.45. The van der Waals surface area contributed by atoms with E-state index in [1.807, 2.05) is 0 Å². The zero-order valence-corrected chi connectivity index (χ0v) is 16.5. The molecule has 0 saturated carbocycles. The number of anilines is 1. The van der Waals surface area contributed by atoms with Gasteiger partial charge in [-0.2, -0.15) is 49.5 Å². The standard InChI is InChI=1S/C16H13F9N5OP/c17-14(18,19)6-31-10-5-11(32-7-15(20,21)22)29-13(28-10)30-12(26)27-9-3-1-8(2-4-9)16(23,24)25/h1-5,32H,6-7H2,(H3,26,27,28,29,30). The maximum atomic E-state index is 12.6. The van der Waals surface area contributed by atoms with Gasteiger partial charge in [0.05, 0.1) is 17.2 Å². The van der Waals surface area contributed by atoms with Gasteiger partial charge in [-0.1, -0.05) is 8.58 Å². The molecule has 0 fully saturated rings. The van der Waals surface area contributed by atoms with Crippen molar-refractivity contribution < 1.29 is 44.3 Å². The van der Waals surface area contributed by atoms with Gasteiger partial charge in [0.2, 0.25) is 11.8 Å². The Morgan fingerprint density at radius 1 is 0.969 bits per heavy atom. The van der Waals surface area contributed by atoms with Crippen molar-refractivity contribution >= 4 is 31.6 Å². The van der Waals surface area contributed by atoms with E-state index in [4.69, 9.17) is 5.73 Å². The van der Waals surface area contributed by atoms with Crippen molar-refractivity contribution in [1.82, 2.24) is 9.97 Å². The van der Waals surface area contributed by atoms with Gasteiger partial charge in [0.25, 0.3) is 5.95 Å². The Hall–Kier alpha value is -2.83. The van der Waals surface area contributed by atoms with Gasteiger partial charge < -0.3 is 15.8 Å². The van der Waals surface area contributed by atoms with Crippen molar-refractivity contribution in [3.63, 3.8) is 0 Å². The van der Waals surface area contributed by atoms with Gasteiger partial charge >= 0.3 is 18.5 Å². The monoisotopic (exact) mass is 493 g/mol. The van der Waals surface area contributed by atoms with Crippen LogP contribution in [0, 0.1) is 0 Å². The summed E-state index contributed by atoms with van der Waals surface area (Å²) in [6, 6.07) is 4.40. The average molecular weight is 493 g/mol. The summed E-state index contributed by atoms with van der Waals surface area (Å²) in [4.78, 5) is 10.9. The summed E-state index contributed by atoms with van der Waals surface area (Å²) in [5.74, 6) is -1.77. The summed E-state index contributed by atoms with van der Waals surface area (Å²) in [5.41, 5.74) is 4.45. The van der Waals surface area contributed by atoms with Crippen LogP contribution in [0.1, 0.15) is 5.56 Å². The first-order valence-corrected chi connectivity index (χ1v) is 9.49. The fourth-order valence-electron chi connectivity index (χ4n) is 2.00. The third-order valence-electron chi connectivity index (χ3n) is 3.25. The predicted octanol–water partition coefficient (Wildman–Crippen LogP) is 4.36. The van der Waals surface area contributed by atoms with Crippen LogP contribution in [0.3, 0.4) is 0 Å². The molecule has 16 heteroatoms. The molecule has 0 aliphatic carbocycles. The summed E-state index contributed by atoms with van der Waals surface area (Å²) < 4.78 is 117. The van der Waals surface area contributed by atoms with E-state index in [1.165, 1.54) is 0 Å². The first-order valence-electron chi connectivity index (χ1n) is 8.28. The van der Waals surface area contributed by atoms with Gasteiger partial charge in [-0.05, 0) is 24.3 Å². The molecule has 2 rings (SSSR count). The number of halogens is 9. The van der Waals surface area contributed by atoms with E-state index in [9.17, 15) is 39.5 Å². The number of guanidine groups is 1. The van der Waals surface area contributed by atoms with Crippen LogP contribution in [0.25, 0.3) is 0 Å². The quantitative estimate of drug-likeness (QED) is 0.271. The molecule has 0 aliphatic rings. The molecule has 0 saturated heterocycles. The lowest BCUT2D eigenvalue weighted by molar-refractivity contribution is -0.154. The molecule has 1 aromatic heterocycles. The van der Waals surface area contributed by atoms with Gasteiger partial charge in [-0.3, -0.25) is 0 Å². The summed E-state index contributed by atoms with van der Waals surface area (Å²) >= 11 is 0. The second-order valence-electron chi connectivity index (χ2n) is 5.96. The first kappa shape index (κ1) is 25.4. The van der Waals surface area contributed by atoms with Crippen LogP contribution >= 0.6 is 8.58 Å². The molecule has 1 unspecified atom stereocenters. The van der Waals surface area contributed by atoms with Gasteiger partial charge in [-0.25, -0.2) is 4.98 Å². The minimum absolute atomic E-state index is 0.0721. The van der Waals surface area contributed by atoms with E-state index in [1.54, 1.807) is 0 Å². The highest BCUT2D eigenvalue weighted by Crippen LogP contribution is 2.30. The molecule has 0 aliphatic heterocycles. The van der Waals surface area contributed by atoms with Gasteiger partial charge in [0.1, 0.15) is 0 Å². The molecule has 2 aromatic rings. The SMILES string of the molecule is N/C(=N\c1nc(OCC(F)(F)F)cc(PCC(F)(F)F)n1)Nc1ccc(C(F)(F)F)cc1. The van der Waals surface area contributed by atoms with E-state index in [0.29, 0.717) is 0 Å². The molecule has 32 heavy (non-hydrogen) atoms. The highest BCUT2D eigenvalue weighted by molar-refractivity contribution is 7.46. The fraction of sp³-hybridized carbons (Fsp3) is 0.312. The Labute approximate surface area is 175 Å². The number of hydrogen-bond acceptors (Lipinski definition) is 4. The van der Waals surface area contributed by atoms with Crippen LogP contribution in [-0.2, 0) is 6.18 Å². The number of hydrogen-bond donors (Lipinski definition) is 2. The number of benzene rings is 1. The molecule has 1 aromatic carbocycles. The number of alkyl halides is 9. The normalized spacial score (nSPS) is 13.6. The second kappa shape index (κ2) is 9.76. The number of rotatable bonds is 6. The lowest BCUT2D eigenvalue weighted by atomic mass is 10.2. The average Bonchev–Trinajstić information content (AvgIpc) is 2.63. The number of nitrogens with zero attached hydrogens (tertiary/aromatic N) is 3. The van der Waals surface area contributed by atoms with Crippen LogP contribution in [0.15, 0.2) is 35.3 Å². The summed E-state index contributed by atoms with van der Waals surface area (Å²) in [6.07, 6.45) is -15.1. The van der Waals surface area contributed by atoms with Crippen molar-refractivity contribution in [2.45, 2.75) is 18.5 Å². The van der Waals surface area contributed by atoms with Crippen LogP contribution in [0.2, 0.25) is 0 Å². The van der Waals surface area contributed by atoms with E-state index in [2.05, 4.69) is 25.0 Å². The number of nitrogens with one attached hydrogen (secondary N) is 1. The molecule has 0 radical (unpaired) electrons. The zero-order chi connectivity index (χ0) is 24.2. The smallest absolute Gasteiger partial charge is 0.422 e. The second-order valence-corrected chi connectivity index (χ2v) is 7.18. The maximum absolute atomic E-state index is 12.6. The van der Waals surface area contributed by atoms with Gasteiger partial charge in [0, 0.05) is 11.8 Å². The maximum Gasteiger partial charge on any atom is 0.422 e. The molecule has 0 bridgehead atoms. The first-order chi connectivity index (χ1) is 14.6. The molecule has 6 nitrogen and oxygen atoms in total. The van der Waals surface area contributed by atoms with Crippen LogP contribution in [-0.4, -0.2) is 41.0 Å². The van der Waals surface area contributed by atoms with Crippen molar-refractivity contribution in [3.05, 3.63) is 35.9 Å². The number of ether oxygens (including phenoxy) is 1. The van der Waals surface area contributed by atoms with Crippen molar-refractivity contribution in [2.24, 2.45) is 10.7 Å². The van der Waals surface area contributed by atoms with E-state index in [0.717, 1.165) is 30.3 Å². The van der Waals surface area contributed by atoms with Crippen molar-refractivity contribution in [1.29, 1.82) is 0 Å². The highest BCUT2D eigenvalue weighted by atomic mass is 31.1. The predicted molar refractivity (Wildman–Crippen MR) is 98.8 cm³/mol. The van der Waals surface area contributed by atoms with E-state index < -0.39 is 63.2 Å². The highest BCUT2D eigenvalue weighted by Gasteiger charge is 2.31. The summed E-state index contributed by atoms with van der Waals surface area (Å²) in [6.45, 7) is -1.76. The molecule has 1 heterocycles. The lowest BCUT2D eigenvalue weighted by Gasteiger charge is -2.11. The van der Waals surface area contributed by atoms with E-state index >= 15 is 0 Å². The van der Waals surface area contributed by atoms with Crippen molar-refractivity contribution in [3.8, 4) is 5.88 Å². The number of aromatic nitrogens is 2. The van der Waals surface area contributed by atoms with Crippen molar-refractivity contribution in [2.75, 3.05) is 18.1 Å². The minimum atomic E-state index is -4.73. The topological polar surface area (TPSA) is 85.4 Å². The fourth-order valence-corrected chi connectivity index (χ4v) is 2.79. The largest absolute Gasteiger partial charge is 0.468 e. The summed E-state index contributed by atoms with van der Waals surface area (Å²) in [7, 11) is -0.972. The molecular formula is C16H13F9N5OP. The zero-order valence-electron chi connectivity index (χ0n) is 15.5. The summed E-state index contributed by atoms with van der Waals surface area (Å²) in [5, 5.41) is 2.40. The van der Waals surface area contributed by atoms with Gasteiger partial charge in [-0.15, -0.1) is 0 Å². The molecule has 0 amide bonds. The minimum Gasteiger partial charge on any atom is -0.468 e. The molecular weight excluding hydrogens is 480 g/mol. The number of aliphatic imine (C=N–C) groups is 1. The Morgan fingerprint density at radius 2 is 1.59 bits per heavy atom. The van der Waals surface area contributed by atoms with Crippen LogP contribution < -0.4 is 21.2 Å². The van der Waals surface area contributed by atoms with E-state index in [-0.39, 0.29) is 11.1 Å². The Morgan fingerprint density at radius 3 is 2.12 bits per heavy atom.